The van der Waals surface area contributed by atoms with Gasteiger partial charge in [-0.25, -0.2) is 4.39 Å². The zero-order chi connectivity index (χ0) is 26.4. The summed E-state index contributed by atoms with van der Waals surface area (Å²) in [6.07, 6.45) is 10.5. The number of primary amides is 1. The fourth-order valence-corrected chi connectivity index (χ4v) is 6.11. The van der Waals surface area contributed by atoms with E-state index in [1.54, 1.807) is 4.90 Å². The van der Waals surface area contributed by atoms with Crippen molar-refractivity contribution in [3.05, 3.63) is 35.6 Å². The minimum absolute atomic E-state index is 0.0193. The first-order valence-corrected chi connectivity index (χ1v) is 13.8. The van der Waals surface area contributed by atoms with E-state index in [4.69, 9.17) is 5.73 Å². The van der Waals surface area contributed by atoms with Gasteiger partial charge in [-0.3, -0.25) is 19.2 Å². The molecule has 4 rings (SSSR count). The smallest absolute Gasteiger partial charge is 0.254 e. The van der Waals surface area contributed by atoms with Crippen molar-refractivity contribution in [2.45, 2.75) is 82.7 Å². The first-order valence-electron chi connectivity index (χ1n) is 13.8. The monoisotopic (exact) mass is 514 g/mol. The highest BCUT2D eigenvalue weighted by molar-refractivity contribution is 5.96. The molecule has 0 spiro atoms. The number of carbonyl (C=O) groups is 4. The van der Waals surface area contributed by atoms with Crippen molar-refractivity contribution in [3.63, 3.8) is 0 Å². The lowest BCUT2D eigenvalue weighted by Gasteiger charge is -2.42. The van der Waals surface area contributed by atoms with Crippen LogP contribution in [0.1, 0.15) is 81.0 Å². The van der Waals surface area contributed by atoms with E-state index >= 15 is 0 Å². The van der Waals surface area contributed by atoms with Crippen molar-refractivity contribution in [2.75, 3.05) is 19.6 Å². The fourth-order valence-electron chi connectivity index (χ4n) is 6.11. The van der Waals surface area contributed by atoms with Crippen LogP contribution in [0.4, 0.5) is 4.39 Å². The zero-order valence-electron chi connectivity index (χ0n) is 21.5. The van der Waals surface area contributed by atoms with Crippen molar-refractivity contribution in [2.24, 2.45) is 17.6 Å². The van der Waals surface area contributed by atoms with Crippen molar-refractivity contribution in [1.29, 1.82) is 0 Å². The molecule has 2 saturated carbocycles. The molecule has 1 aromatic rings. The second kappa shape index (κ2) is 12.5. The lowest BCUT2D eigenvalue weighted by Crippen LogP contribution is -2.64. The number of hydrogen-bond acceptors (Lipinski definition) is 4. The molecule has 0 radical (unpaired) electrons. The van der Waals surface area contributed by atoms with Crippen LogP contribution in [-0.4, -0.2) is 65.1 Å². The normalized spacial score (nSPS) is 22.4. The molecule has 1 saturated heterocycles. The molecule has 3 fully saturated rings. The van der Waals surface area contributed by atoms with Gasteiger partial charge in [0.2, 0.25) is 17.7 Å². The molecule has 9 heteroatoms. The Morgan fingerprint density at radius 2 is 1.65 bits per heavy atom. The van der Waals surface area contributed by atoms with Crippen LogP contribution < -0.4 is 11.1 Å². The number of halogens is 1. The Bertz CT molecular complexity index is 990. The topological polar surface area (TPSA) is 113 Å². The summed E-state index contributed by atoms with van der Waals surface area (Å²) in [5.41, 5.74) is 5.87. The third kappa shape index (κ3) is 6.87. The third-order valence-corrected chi connectivity index (χ3v) is 8.23. The van der Waals surface area contributed by atoms with Gasteiger partial charge in [0.05, 0.1) is 6.54 Å². The number of amides is 4. The Kier molecular flexibility index (Phi) is 9.16. The number of nitrogens with two attached hydrogens (primary N) is 1. The van der Waals surface area contributed by atoms with E-state index in [-0.39, 0.29) is 37.0 Å². The lowest BCUT2D eigenvalue weighted by molar-refractivity contribution is -0.147. The van der Waals surface area contributed by atoms with Crippen LogP contribution in [0.25, 0.3) is 0 Å². The summed E-state index contributed by atoms with van der Waals surface area (Å²) in [7, 11) is 0. The average molecular weight is 515 g/mol. The van der Waals surface area contributed by atoms with E-state index in [1.807, 2.05) is 0 Å². The average Bonchev–Trinajstić information content (AvgIpc) is 2.92. The molecule has 202 valence electrons. The minimum atomic E-state index is -0.936. The Hall–Kier alpha value is -2.97. The van der Waals surface area contributed by atoms with Crippen LogP contribution in [0.2, 0.25) is 0 Å². The summed E-state index contributed by atoms with van der Waals surface area (Å²) in [6, 6.07) is 3.69. The molecule has 0 bridgehead atoms. The SMILES string of the molecule is NC(=O)C(CC1CCCCC1)NC(=O)C1CN(C(=O)c2cccc(F)c2)CCN1C(=O)C1CCCCC1. The lowest BCUT2D eigenvalue weighted by atomic mass is 9.84. The molecule has 1 aliphatic heterocycles. The third-order valence-electron chi connectivity index (χ3n) is 8.23. The quantitative estimate of drug-likeness (QED) is 0.582. The van der Waals surface area contributed by atoms with Gasteiger partial charge in [0.25, 0.3) is 5.91 Å². The number of carbonyl (C=O) groups excluding carboxylic acids is 4. The Morgan fingerprint density at radius 3 is 2.30 bits per heavy atom. The number of piperazine rings is 1. The standard InChI is InChI=1S/C28H39FN4O4/c29-22-13-7-12-21(17-22)27(36)32-14-15-33(28(37)20-10-5-2-6-11-20)24(18-32)26(35)31-23(25(30)34)16-19-8-3-1-4-9-19/h7,12-13,17,19-20,23-24H,1-6,8-11,14-16,18H2,(H2,30,34)(H,31,35). The van der Waals surface area contributed by atoms with Gasteiger partial charge in [-0.05, 0) is 43.4 Å². The summed E-state index contributed by atoms with van der Waals surface area (Å²) in [4.78, 5) is 55.6. The van der Waals surface area contributed by atoms with E-state index in [9.17, 15) is 23.6 Å². The van der Waals surface area contributed by atoms with E-state index in [0.29, 0.717) is 12.3 Å². The number of rotatable bonds is 7. The van der Waals surface area contributed by atoms with Crippen molar-refractivity contribution in [3.8, 4) is 0 Å². The number of benzene rings is 1. The second-order valence-corrected chi connectivity index (χ2v) is 10.8. The predicted molar refractivity (Wildman–Crippen MR) is 137 cm³/mol. The summed E-state index contributed by atoms with van der Waals surface area (Å²) in [5, 5.41) is 2.82. The maximum Gasteiger partial charge on any atom is 0.254 e. The summed E-state index contributed by atoms with van der Waals surface area (Å²) < 4.78 is 13.8. The molecule has 3 aliphatic rings. The van der Waals surface area contributed by atoms with Gasteiger partial charge >= 0.3 is 0 Å². The molecular weight excluding hydrogens is 475 g/mol. The van der Waals surface area contributed by atoms with Gasteiger partial charge in [-0.15, -0.1) is 0 Å². The highest BCUT2D eigenvalue weighted by Gasteiger charge is 2.40. The molecule has 37 heavy (non-hydrogen) atoms. The van der Waals surface area contributed by atoms with E-state index in [2.05, 4.69) is 5.32 Å². The first-order chi connectivity index (χ1) is 17.8. The molecule has 3 N–H and O–H groups in total. The van der Waals surface area contributed by atoms with Gasteiger partial charge in [-0.1, -0.05) is 57.4 Å². The number of nitrogens with one attached hydrogen (secondary N) is 1. The van der Waals surface area contributed by atoms with E-state index in [1.165, 1.54) is 35.6 Å². The maximum atomic E-state index is 13.8. The van der Waals surface area contributed by atoms with Crippen molar-refractivity contribution >= 4 is 23.6 Å². The van der Waals surface area contributed by atoms with Gasteiger partial charge in [-0.2, -0.15) is 0 Å². The van der Waals surface area contributed by atoms with Crippen LogP contribution in [0.15, 0.2) is 24.3 Å². The molecule has 2 atom stereocenters. The van der Waals surface area contributed by atoms with Gasteiger partial charge < -0.3 is 20.9 Å². The van der Waals surface area contributed by atoms with Crippen LogP contribution in [0.5, 0.6) is 0 Å². The largest absolute Gasteiger partial charge is 0.368 e. The summed E-state index contributed by atoms with van der Waals surface area (Å²) >= 11 is 0. The Labute approximate surface area is 218 Å². The summed E-state index contributed by atoms with van der Waals surface area (Å²) in [5.74, 6) is -1.85. The highest BCUT2D eigenvalue weighted by Crippen LogP contribution is 2.29. The van der Waals surface area contributed by atoms with Gasteiger partial charge in [0.1, 0.15) is 17.9 Å². The van der Waals surface area contributed by atoms with Crippen LogP contribution in [0, 0.1) is 17.7 Å². The van der Waals surface area contributed by atoms with Gasteiger partial charge in [0, 0.05) is 24.6 Å². The van der Waals surface area contributed by atoms with Gasteiger partial charge in [0.15, 0.2) is 0 Å². The maximum absolute atomic E-state index is 13.8. The fraction of sp³-hybridized carbons (Fsp3) is 0.643. The number of nitrogens with zero attached hydrogens (tertiary/aromatic N) is 2. The van der Waals surface area contributed by atoms with Crippen LogP contribution >= 0.6 is 0 Å². The molecule has 2 unspecified atom stereocenters. The van der Waals surface area contributed by atoms with Crippen molar-refractivity contribution < 1.29 is 23.6 Å². The second-order valence-electron chi connectivity index (χ2n) is 10.8. The minimum Gasteiger partial charge on any atom is -0.368 e. The molecule has 1 aromatic carbocycles. The van der Waals surface area contributed by atoms with Crippen LogP contribution in [-0.2, 0) is 14.4 Å². The predicted octanol–water partition coefficient (Wildman–Crippen LogP) is 3.00. The zero-order valence-corrected chi connectivity index (χ0v) is 21.5. The highest BCUT2D eigenvalue weighted by atomic mass is 19.1. The van der Waals surface area contributed by atoms with Crippen molar-refractivity contribution in [1.82, 2.24) is 15.1 Å². The molecular formula is C28H39FN4O4. The molecule has 8 nitrogen and oxygen atoms in total. The Morgan fingerprint density at radius 1 is 0.973 bits per heavy atom. The van der Waals surface area contributed by atoms with E-state index < -0.39 is 35.6 Å². The van der Waals surface area contributed by atoms with E-state index in [0.717, 1.165) is 57.8 Å². The van der Waals surface area contributed by atoms with Crippen LogP contribution in [0.3, 0.4) is 0 Å². The Balaban J connectivity index is 1.51. The molecule has 2 aliphatic carbocycles. The first kappa shape index (κ1) is 27.1. The molecule has 1 heterocycles. The summed E-state index contributed by atoms with van der Waals surface area (Å²) in [6.45, 7) is 0.436. The molecule has 4 amide bonds. The number of hydrogen-bond donors (Lipinski definition) is 2. The molecule has 0 aromatic heterocycles.